The maximum Gasteiger partial charge on any atom is 0.243 e. The van der Waals surface area contributed by atoms with Crippen molar-refractivity contribution >= 4 is 10.0 Å². The summed E-state index contributed by atoms with van der Waals surface area (Å²) in [5, 5.41) is 4.11. The van der Waals surface area contributed by atoms with Crippen LogP contribution in [0.5, 0.6) is 0 Å². The van der Waals surface area contributed by atoms with E-state index in [9.17, 15) is 8.42 Å². The third-order valence-corrected chi connectivity index (χ3v) is 9.28. The van der Waals surface area contributed by atoms with Crippen molar-refractivity contribution in [3.05, 3.63) is 39.5 Å². The Balaban J connectivity index is 1.51. The topological polar surface area (TPSA) is 79.5 Å². The van der Waals surface area contributed by atoms with Crippen LogP contribution in [-0.2, 0) is 10.0 Å². The van der Waals surface area contributed by atoms with E-state index in [1.165, 1.54) is 5.56 Å². The molecule has 7 nitrogen and oxygen atoms in total. The minimum absolute atomic E-state index is 0.0119. The van der Waals surface area contributed by atoms with Crippen molar-refractivity contribution in [1.82, 2.24) is 19.3 Å². The van der Waals surface area contributed by atoms with E-state index >= 15 is 0 Å². The molecule has 1 aromatic carbocycles. The monoisotopic (exact) mass is 432 g/mol. The smallest absolute Gasteiger partial charge is 0.243 e. The van der Waals surface area contributed by atoms with Crippen LogP contribution < -0.4 is 0 Å². The average Bonchev–Trinajstić information content (AvgIpc) is 3.47. The number of aromatic nitrogens is 2. The van der Waals surface area contributed by atoms with Gasteiger partial charge in [0.15, 0.2) is 5.82 Å². The van der Waals surface area contributed by atoms with Crippen LogP contribution >= 0.6 is 0 Å². The summed E-state index contributed by atoms with van der Waals surface area (Å²) in [5.74, 6) is 1.91. The number of piperazine rings is 1. The normalized spacial score (nSPS) is 19.9. The van der Waals surface area contributed by atoms with E-state index in [2.05, 4.69) is 28.9 Å². The maximum absolute atomic E-state index is 13.5. The van der Waals surface area contributed by atoms with Gasteiger partial charge in [-0.25, -0.2) is 8.42 Å². The molecule has 0 unspecified atom stereocenters. The molecular formula is C22H32N4O3S. The van der Waals surface area contributed by atoms with Gasteiger partial charge >= 0.3 is 0 Å². The fourth-order valence-electron chi connectivity index (χ4n) is 4.39. The van der Waals surface area contributed by atoms with Crippen LogP contribution in [0.15, 0.2) is 9.42 Å². The van der Waals surface area contributed by atoms with Crippen molar-refractivity contribution in [1.29, 1.82) is 0 Å². The highest BCUT2D eigenvalue weighted by atomic mass is 32.2. The molecule has 1 aliphatic carbocycles. The van der Waals surface area contributed by atoms with Gasteiger partial charge in [-0.15, -0.1) is 0 Å². The van der Waals surface area contributed by atoms with Gasteiger partial charge in [0, 0.05) is 32.1 Å². The van der Waals surface area contributed by atoms with Crippen LogP contribution in [0.2, 0.25) is 0 Å². The Hall–Kier alpha value is -1.77. The van der Waals surface area contributed by atoms with Gasteiger partial charge < -0.3 is 4.52 Å². The van der Waals surface area contributed by atoms with Gasteiger partial charge in [0.05, 0.1) is 10.9 Å². The second kappa shape index (κ2) is 7.73. The van der Waals surface area contributed by atoms with E-state index in [4.69, 9.17) is 4.52 Å². The molecule has 2 aliphatic rings. The fourth-order valence-corrected chi connectivity index (χ4v) is 6.38. The minimum atomic E-state index is -3.54. The van der Waals surface area contributed by atoms with E-state index in [0.29, 0.717) is 42.9 Å². The van der Waals surface area contributed by atoms with E-state index in [1.54, 1.807) is 4.31 Å². The summed E-state index contributed by atoms with van der Waals surface area (Å²) in [4.78, 5) is 7.27. The van der Waals surface area contributed by atoms with E-state index in [0.717, 1.165) is 40.9 Å². The summed E-state index contributed by atoms with van der Waals surface area (Å²) >= 11 is 0. The zero-order valence-electron chi connectivity index (χ0n) is 18.8. The summed E-state index contributed by atoms with van der Waals surface area (Å²) in [7, 11) is -3.54. The lowest BCUT2D eigenvalue weighted by Gasteiger charge is -2.36. The fraction of sp³-hybridized carbons (Fsp3) is 0.636. The molecule has 30 heavy (non-hydrogen) atoms. The number of rotatable bonds is 5. The Bertz CT molecular complexity index is 1040. The first-order valence-electron chi connectivity index (χ1n) is 10.8. The van der Waals surface area contributed by atoms with Gasteiger partial charge in [0.1, 0.15) is 0 Å². The molecule has 2 heterocycles. The largest absolute Gasteiger partial charge is 0.338 e. The van der Waals surface area contributed by atoms with Crippen molar-refractivity contribution in [2.45, 2.75) is 71.2 Å². The van der Waals surface area contributed by atoms with Crippen molar-refractivity contribution in [3.63, 3.8) is 0 Å². The van der Waals surface area contributed by atoms with Crippen LogP contribution in [0.1, 0.15) is 71.3 Å². The Labute approximate surface area is 179 Å². The van der Waals surface area contributed by atoms with E-state index in [-0.39, 0.29) is 6.04 Å². The van der Waals surface area contributed by atoms with Gasteiger partial charge in [-0.05, 0) is 82.2 Å². The average molecular weight is 433 g/mol. The lowest BCUT2D eigenvalue weighted by atomic mass is 9.95. The lowest BCUT2D eigenvalue weighted by molar-refractivity contribution is 0.124. The van der Waals surface area contributed by atoms with Crippen LogP contribution in [0.25, 0.3) is 0 Å². The Morgan fingerprint density at radius 3 is 1.97 bits per heavy atom. The minimum Gasteiger partial charge on any atom is -0.338 e. The third-order valence-electron chi connectivity index (χ3n) is 7.11. The molecule has 2 fully saturated rings. The number of hydrogen-bond donors (Lipinski definition) is 0. The Kier molecular flexibility index (Phi) is 5.53. The zero-order valence-corrected chi connectivity index (χ0v) is 19.6. The molecule has 2 aromatic rings. The second-order valence-electron chi connectivity index (χ2n) is 8.84. The number of sulfonamides is 1. The molecule has 0 bridgehead atoms. The van der Waals surface area contributed by atoms with Crippen LogP contribution in [0, 0.1) is 34.6 Å². The third kappa shape index (κ3) is 3.59. The van der Waals surface area contributed by atoms with Crippen molar-refractivity contribution < 1.29 is 12.9 Å². The molecule has 1 aromatic heterocycles. The van der Waals surface area contributed by atoms with Crippen molar-refractivity contribution in [2.75, 3.05) is 26.2 Å². The molecule has 0 N–H and O–H groups in total. The maximum atomic E-state index is 13.5. The molecule has 1 saturated heterocycles. The van der Waals surface area contributed by atoms with Gasteiger partial charge in [0.2, 0.25) is 15.9 Å². The Morgan fingerprint density at radius 2 is 1.43 bits per heavy atom. The first-order chi connectivity index (χ1) is 14.1. The lowest BCUT2D eigenvalue weighted by Crippen LogP contribution is -2.49. The highest BCUT2D eigenvalue weighted by Gasteiger charge is 2.35. The van der Waals surface area contributed by atoms with Crippen LogP contribution in [-0.4, -0.2) is 53.9 Å². The highest BCUT2D eigenvalue weighted by molar-refractivity contribution is 7.89. The predicted octanol–water partition coefficient (Wildman–Crippen LogP) is 3.56. The molecule has 0 amide bonds. The van der Waals surface area contributed by atoms with Crippen LogP contribution in [0.4, 0.5) is 0 Å². The molecule has 1 atom stereocenters. The summed E-state index contributed by atoms with van der Waals surface area (Å²) in [6.07, 6.45) is 2.28. The first kappa shape index (κ1) is 21.5. The quantitative estimate of drug-likeness (QED) is 0.719. The summed E-state index contributed by atoms with van der Waals surface area (Å²) in [5.41, 5.74) is 5.03. The number of hydrogen-bond acceptors (Lipinski definition) is 6. The molecule has 0 radical (unpaired) electrons. The van der Waals surface area contributed by atoms with Gasteiger partial charge in [-0.3, -0.25) is 4.90 Å². The predicted molar refractivity (Wildman–Crippen MR) is 115 cm³/mol. The molecule has 4 rings (SSSR count). The van der Waals surface area contributed by atoms with Gasteiger partial charge in [-0.2, -0.15) is 9.29 Å². The summed E-state index contributed by atoms with van der Waals surface area (Å²) in [6.45, 7) is 14.2. The van der Waals surface area contributed by atoms with Crippen LogP contribution in [0.3, 0.4) is 0 Å². The number of nitrogens with zero attached hydrogens (tertiary/aromatic N) is 4. The second-order valence-corrected chi connectivity index (χ2v) is 10.7. The SMILES string of the molecule is Cc1c(C)c(C)c(S(=O)(=O)N2CCN([C@H](C)c3nc(C4CC4)no3)CC2)c(C)c1C. The number of benzene rings is 1. The summed E-state index contributed by atoms with van der Waals surface area (Å²) in [6, 6.07) is -0.0119. The standard InChI is InChI=1S/C22H32N4O3S/c1-13-14(2)16(4)20(17(5)15(13)3)30(27,28)26-11-9-25(10-12-26)18(6)22-23-21(24-29-22)19-7-8-19/h18-19H,7-12H2,1-6H3/t18-/m1/s1. The first-order valence-corrected chi connectivity index (χ1v) is 12.2. The highest BCUT2D eigenvalue weighted by Crippen LogP contribution is 2.39. The van der Waals surface area contributed by atoms with Gasteiger partial charge in [0.25, 0.3) is 0 Å². The zero-order chi connectivity index (χ0) is 21.8. The molecular weight excluding hydrogens is 400 g/mol. The van der Waals surface area contributed by atoms with E-state index in [1.807, 2.05) is 27.7 Å². The van der Waals surface area contributed by atoms with Gasteiger partial charge in [-0.1, -0.05) is 5.16 Å². The molecule has 164 valence electrons. The molecule has 1 aliphatic heterocycles. The molecule has 1 saturated carbocycles. The summed E-state index contributed by atoms with van der Waals surface area (Å²) < 4.78 is 34.2. The molecule has 0 spiro atoms. The Morgan fingerprint density at radius 1 is 0.900 bits per heavy atom. The van der Waals surface area contributed by atoms with E-state index < -0.39 is 10.0 Å². The molecule has 8 heteroatoms. The van der Waals surface area contributed by atoms with Crippen molar-refractivity contribution in [3.8, 4) is 0 Å². The van der Waals surface area contributed by atoms with Crippen molar-refractivity contribution in [2.24, 2.45) is 0 Å².